The van der Waals surface area contributed by atoms with Gasteiger partial charge >= 0.3 is 0 Å². The van der Waals surface area contributed by atoms with E-state index >= 15 is 0 Å². The van der Waals surface area contributed by atoms with Gasteiger partial charge < -0.3 is 14.6 Å². The summed E-state index contributed by atoms with van der Waals surface area (Å²) in [6, 6.07) is 5.58. The van der Waals surface area contributed by atoms with Gasteiger partial charge in [-0.2, -0.15) is 0 Å². The second kappa shape index (κ2) is 6.30. The van der Waals surface area contributed by atoms with Crippen LogP contribution in [0.25, 0.3) is 0 Å². The second-order valence-corrected chi connectivity index (χ2v) is 4.21. The summed E-state index contributed by atoms with van der Waals surface area (Å²) in [5.41, 5.74) is 0.909. The molecule has 0 aliphatic heterocycles. The van der Waals surface area contributed by atoms with Crippen LogP contribution in [0.1, 0.15) is 19.4 Å². The first-order valence-corrected chi connectivity index (χ1v) is 5.92. The molecule has 0 spiro atoms. The molecule has 0 saturated carbocycles. The first kappa shape index (κ1) is 12.7. The van der Waals surface area contributed by atoms with E-state index in [2.05, 4.69) is 22.6 Å². The van der Waals surface area contributed by atoms with E-state index in [0.29, 0.717) is 6.61 Å². The number of aliphatic hydroxyl groups is 1. The average molecular weight is 322 g/mol. The van der Waals surface area contributed by atoms with Gasteiger partial charge in [0.15, 0.2) is 6.29 Å². The third kappa shape index (κ3) is 3.96. The molecule has 1 N–H and O–H groups in total. The van der Waals surface area contributed by atoms with Crippen molar-refractivity contribution in [2.24, 2.45) is 0 Å². The monoisotopic (exact) mass is 322 g/mol. The van der Waals surface area contributed by atoms with Crippen molar-refractivity contribution in [2.75, 3.05) is 6.61 Å². The fraction of sp³-hybridized carbons (Fsp3) is 0.455. The lowest BCUT2D eigenvalue weighted by Gasteiger charge is -2.14. The van der Waals surface area contributed by atoms with Crippen LogP contribution in [0.3, 0.4) is 0 Å². The topological polar surface area (TPSA) is 38.7 Å². The van der Waals surface area contributed by atoms with Crippen molar-refractivity contribution in [2.45, 2.75) is 26.7 Å². The van der Waals surface area contributed by atoms with Gasteiger partial charge in [0.25, 0.3) is 0 Å². The lowest BCUT2D eigenvalue weighted by Crippen LogP contribution is -2.16. The Labute approximate surface area is 104 Å². The molecule has 1 aromatic carbocycles. The van der Waals surface area contributed by atoms with Crippen molar-refractivity contribution >= 4 is 22.6 Å². The lowest BCUT2D eigenvalue weighted by molar-refractivity contribution is -0.0613. The van der Waals surface area contributed by atoms with Gasteiger partial charge in [0.2, 0.25) is 0 Å². The second-order valence-electron chi connectivity index (χ2n) is 3.05. The van der Waals surface area contributed by atoms with Gasteiger partial charge in [-0.05, 0) is 54.1 Å². The molecule has 1 atom stereocenters. The standard InChI is InChI=1S/C11H15IO3/c1-3-14-8(2)15-10-5-4-9(7-13)11(12)6-10/h4-6,8,13H,3,7H2,1-2H3. The zero-order chi connectivity index (χ0) is 11.3. The van der Waals surface area contributed by atoms with Crippen LogP contribution in [0, 0.1) is 3.57 Å². The van der Waals surface area contributed by atoms with Crippen molar-refractivity contribution in [1.82, 2.24) is 0 Å². The predicted molar refractivity (Wildman–Crippen MR) is 66.8 cm³/mol. The Kier molecular flexibility index (Phi) is 5.35. The zero-order valence-corrected chi connectivity index (χ0v) is 11.0. The SMILES string of the molecule is CCOC(C)Oc1ccc(CO)c(I)c1. The molecular formula is C11H15IO3. The minimum absolute atomic E-state index is 0.0551. The molecule has 0 aromatic heterocycles. The van der Waals surface area contributed by atoms with Gasteiger partial charge in [0.05, 0.1) is 6.61 Å². The first-order chi connectivity index (χ1) is 7.17. The van der Waals surface area contributed by atoms with Crippen molar-refractivity contribution in [1.29, 1.82) is 0 Å². The number of halogens is 1. The maximum absolute atomic E-state index is 9.01. The molecule has 3 nitrogen and oxygen atoms in total. The average Bonchev–Trinajstić information content (AvgIpc) is 2.18. The van der Waals surface area contributed by atoms with Crippen molar-refractivity contribution in [3.05, 3.63) is 27.3 Å². The summed E-state index contributed by atoms with van der Waals surface area (Å²) in [5.74, 6) is 0.762. The highest BCUT2D eigenvalue weighted by atomic mass is 127. The summed E-state index contributed by atoms with van der Waals surface area (Å²) >= 11 is 2.17. The summed E-state index contributed by atoms with van der Waals surface area (Å²) in [6.45, 7) is 4.47. The van der Waals surface area contributed by atoms with E-state index in [9.17, 15) is 0 Å². The van der Waals surface area contributed by atoms with Crippen LogP contribution in [0.15, 0.2) is 18.2 Å². The smallest absolute Gasteiger partial charge is 0.196 e. The molecule has 0 fully saturated rings. The molecule has 1 unspecified atom stereocenters. The molecule has 0 saturated heterocycles. The summed E-state index contributed by atoms with van der Waals surface area (Å²) in [4.78, 5) is 0. The van der Waals surface area contributed by atoms with Crippen molar-refractivity contribution in [3.63, 3.8) is 0 Å². The minimum Gasteiger partial charge on any atom is -0.465 e. The predicted octanol–water partition coefficient (Wildman–Crippen LogP) is 2.54. The Balaban J connectivity index is 2.66. The summed E-state index contributed by atoms with van der Waals surface area (Å²) in [7, 11) is 0. The van der Waals surface area contributed by atoms with Crippen molar-refractivity contribution in [3.8, 4) is 5.75 Å². The summed E-state index contributed by atoms with van der Waals surface area (Å²) < 4.78 is 11.8. The van der Waals surface area contributed by atoms with Crippen LogP contribution in [-0.4, -0.2) is 18.0 Å². The molecule has 1 rings (SSSR count). The fourth-order valence-electron chi connectivity index (χ4n) is 1.19. The molecule has 0 amide bonds. The van der Waals surface area contributed by atoms with Crippen LogP contribution < -0.4 is 4.74 Å². The highest BCUT2D eigenvalue weighted by molar-refractivity contribution is 14.1. The summed E-state index contributed by atoms with van der Waals surface area (Å²) in [5, 5.41) is 9.01. The molecule has 0 bridgehead atoms. The largest absolute Gasteiger partial charge is 0.465 e. The maximum Gasteiger partial charge on any atom is 0.196 e. The van der Waals surface area contributed by atoms with Gasteiger partial charge in [-0.3, -0.25) is 0 Å². The van der Waals surface area contributed by atoms with Crippen LogP contribution >= 0.6 is 22.6 Å². The first-order valence-electron chi connectivity index (χ1n) is 4.85. The van der Waals surface area contributed by atoms with E-state index < -0.39 is 0 Å². The molecule has 84 valence electrons. The molecule has 4 heteroatoms. The van der Waals surface area contributed by atoms with Gasteiger partial charge in [-0.25, -0.2) is 0 Å². The molecule has 0 aliphatic carbocycles. The Morgan fingerprint density at radius 2 is 2.20 bits per heavy atom. The van der Waals surface area contributed by atoms with Gasteiger partial charge in [-0.15, -0.1) is 0 Å². The Bertz CT molecular complexity index is 315. The quantitative estimate of drug-likeness (QED) is 0.669. The van der Waals surface area contributed by atoms with E-state index in [0.717, 1.165) is 14.9 Å². The normalized spacial score (nSPS) is 12.5. The third-order valence-electron chi connectivity index (χ3n) is 1.90. The van der Waals surface area contributed by atoms with Gasteiger partial charge in [-0.1, -0.05) is 6.07 Å². The number of hydrogen-bond acceptors (Lipinski definition) is 3. The maximum atomic E-state index is 9.01. The minimum atomic E-state index is -0.245. The lowest BCUT2D eigenvalue weighted by atomic mass is 10.2. The summed E-state index contributed by atoms with van der Waals surface area (Å²) in [6.07, 6.45) is -0.245. The Morgan fingerprint density at radius 3 is 2.73 bits per heavy atom. The van der Waals surface area contributed by atoms with E-state index in [4.69, 9.17) is 14.6 Å². The Hall–Kier alpha value is -0.330. The van der Waals surface area contributed by atoms with Crippen LogP contribution in [0.4, 0.5) is 0 Å². The molecule has 0 radical (unpaired) electrons. The van der Waals surface area contributed by atoms with Crippen LogP contribution in [-0.2, 0) is 11.3 Å². The van der Waals surface area contributed by atoms with E-state index in [1.54, 1.807) is 0 Å². The van der Waals surface area contributed by atoms with E-state index in [1.165, 1.54) is 0 Å². The molecule has 15 heavy (non-hydrogen) atoms. The number of ether oxygens (including phenoxy) is 2. The molecule has 0 heterocycles. The van der Waals surface area contributed by atoms with Crippen molar-refractivity contribution < 1.29 is 14.6 Å². The number of rotatable bonds is 5. The van der Waals surface area contributed by atoms with Crippen LogP contribution in [0.2, 0.25) is 0 Å². The van der Waals surface area contributed by atoms with Crippen LogP contribution in [0.5, 0.6) is 5.75 Å². The van der Waals surface area contributed by atoms with E-state index in [-0.39, 0.29) is 12.9 Å². The highest BCUT2D eigenvalue weighted by Crippen LogP contribution is 2.20. The zero-order valence-electron chi connectivity index (χ0n) is 8.87. The highest BCUT2D eigenvalue weighted by Gasteiger charge is 2.05. The number of hydrogen-bond donors (Lipinski definition) is 1. The van der Waals surface area contributed by atoms with Gasteiger partial charge in [0, 0.05) is 10.2 Å². The van der Waals surface area contributed by atoms with Gasteiger partial charge in [0.1, 0.15) is 5.75 Å². The molecule has 0 aliphatic rings. The molecule has 1 aromatic rings. The fourth-order valence-corrected chi connectivity index (χ4v) is 1.85. The third-order valence-corrected chi connectivity index (χ3v) is 2.90. The Morgan fingerprint density at radius 1 is 1.47 bits per heavy atom. The van der Waals surface area contributed by atoms with E-state index in [1.807, 2.05) is 32.0 Å². The molecular weight excluding hydrogens is 307 g/mol. The number of aliphatic hydroxyl groups excluding tert-OH is 1. The number of benzene rings is 1.